The summed E-state index contributed by atoms with van der Waals surface area (Å²) in [7, 11) is 0. The molecule has 0 aliphatic carbocycles. The van der Waals surface area contributed by atoms with Gasteiger partial charge in [0.05, 0.1) is 0 Å². The van der Waals surface area contributed by atoms with Crippen molar-refractivity contribution in [2.24, 2.45) is 0 Å². The normalized spacial score (nSPS) is 11.7. The van der Waals surface area contributed by atoms with Crippen LogP contribution in [0.3, 0.4) is 0 Å². The minimum absolute atomic E-state index is 0.469. The molecule has 13 heavy (non-hydrogen) atoms. The molecule has 2 N–H and O–H groups in total. The third-order valence-corrected chi connectivity index (χ3v) is 1.02. The van der Waals surface area contributed by atoms with Crippen molar-refractivity contribution >= 4 is 11.9 Å². The molecule has 0 fully saturated rings. The Labute approximate surface area is 75.5 Å². The predicted molar refractivity (Wildman–Crippen MR) is 47.3 cm³/mol. The molecule has 0 unspecified atom stereocenters. The maximum Gasteiger partial charge on any atom is 0.328 e. The van der Waals surface area contributed by atoms with Crippen LogP contribution in [0.2, 0.25) is 0 Å². The van der Waals surface area contributed by atoms with E-state index in [2.05, 4.69) is 0 Å². The van der Waals surface area contributed by atoms with Crippen molar-refractivity contribution in [2.45, 2.75) is 6.42 Å². The summed E-state index contributed by atoms with van der Waals surface area (Å²) in [5.41, 5.74) is 0. The minimum atomic E-state index is -1.01. The lowest BCUT2D eigenvalue weighted by Crippen LogP contribution is -1.85. The number of rotatable bonds is 5. The molecule has 0 aromatic carbocycles. The Hall–Kier alpha value is -1.84. The molecule has 0 amide bonds. The van der Waals surface area contributed by atoms with Crippen LogP contribution in [0.15, 0.2) is 36.5 Å². The van der Waals surface area contributed by atoms with E-state index in [0.29, 0.717) is 6.42 Å². The van der Waals surface area contributed by atoms with Crippen molar-refractivity contribution in [3.05, 3.63) is 36.5 Å². The number of carbonyl (C=O) groups is 2. The van der Waals surface area contributed by atoms with Crippen LogP contribution in [0.5, 0.6) is 0 Å². The summed E-state index contributed by atoms with van der Waals surface area (Å²) in [6.45, 7) is 0. The lowest BCUT2D eigenvalue weighted by Gasteiger charge is -1.79. The summed E-state index contributed by atoms with van der Waals surface area (Å²) in [6, 6.07) is 0. The molecule has 0 rings (SSSR count). The molecule has 0 aliphatic heterocycles. The molecule has 0 heterocycles. The molecule has 0 saturated carbocycles. The Balaban J connectivity index is 3.65. The van der Waals surface area contributed by atoms with Gasteiger partial charge in [-0.25, -0.2) is 9.59 Å². The average molecular weight is 182 g/mol. The van der Waals surface area contributed by atoms with Crippen LogP contribution in [0.4, 0.5) is 0 Å². The Morgan fingerprint density at radius 1 is 0.923 bits per heavy atom. The number of aliphatic carboxylic acids is 2. The van der Waals surface area contributed by atoms with Gasteiger partial charge < -0.3 is 10.2 Å². The molecule has 0 aliphatic rings. The topological polar surface area (TPSA) is 74.6 Å². The summed E-state index contributed by atoms with van der Waals surface area (Å²) < 4.78 is 0. The van der Waals surface area contributed by atoms with Gasteiger partial charge in [0.15, 0.2) is 0 Å². The van der Waals surface area contributed by atoms with Gasteiger partial charge in [-0.2, -0.15) is 0 Å². The van der Waals surface area contributed by atoms with Gasteiger partial charge in [0, 0.05) is 12.2 Å². The van der Waals surface area contributed by atoms with E-state index in [0.717, 1.165) is 12.2 Å². The second-order valence-electron chi connectivity index (χ2n) is 2.10. The second kappa shape index (κ2) is 6.84. The van der Waals surface area contributed by atoms with Crippen molar-refractivity contribution in [1.29, 1.82) is 0 Å². The summed E-state index contributed by atoms with van der Waals surface area (Å²) in [6.07, 6.45) is 8.53. The molecule has 4 heteroatoms. The van der Waals surface area contributed by atoms with Gasteiger partial charge >= 0.3 is 11.9 Å². The Morgan fingerprint density at radius 2 is 1.54 bits per heavy atom. The van der Waals surface area contributed by atoms with Crippen molar-refractivity contribution in [2.75, 3.05) is 0 Å². The van der Waals surface area contributed by atoms with Crippen LogP contribution >= 0.6 is 0 Å². The van der Waals surface area contributed by atoms with Gasteiger partial charge in [-0.15, -0.1) is 0 Å². The zero-order chi connectivity index (χ0) is 10.1. The van der Waals surface area contributed by atoms with Gasteiger partial charge in [-0.05, 0) is 6.42 Å². The number of carboxylic acids is 2. The highest BCUT2D eigenvalue weighted by Gasteiger charge is 1.82. The molecular weight excluding hydrogens is 172 g/mol. The van der Waals surface area contributed by atoms with Crippen LogP contribution in [-0.2, 0) is 9.59 Å². The Morgan fingerprint density at radius 3 is 2.08 bits per heavy atom. The first-order valence-corrected chi connectivity index (χ1v) is 3.58. The first kappa shape index (κ1) is 11.2. The van der Waals surface area contributed by atoms with E-state index >= 15 is 0 Å². The molecule has 0 spiro atoms. The number of allylic oxidation sites excluding steroid dienone is 4. The third-order valence-electron chi connectivity index (χ3n) is 1.02. The number of hydrogen-bond donors (Lipinski definition) is 2. The van der Waals surface area contributed by atoms with Crippen molar-refractivity contribution in [3.63, 3.8) is 0 Å². The van der Waals surface area contributed by atoms with Gasteiger partial charge in [0.1, 0.15) is 0 Å². The van der Waals surface area contributed by atoms with E-state index in [1.807, 2.05) is 0 Å². The average Bonchev–Trinajstić information content (AvgIpc) is 2.01. The van der Waals surface area contributed by atoms with Crippen molar-refractivity contribution in [3.8, 4) is 0 Å². The van der Waals surface area contributed by atoms with E-state index in [1.54, 1.807) is 12.2 Å². The Bertz CT molecular complexity index is 261. The quantitative estimate of drug-likeness (QED) is 0.495. The minimum Gasteiger partial charge on any atom is -0.478 e. The van der Waals surface area contributed by atoms with Crippen LogP contribution in [-0.4, -0.2) is 22.2 Å². The summed E-state index contributed by atoms with van der Waals surface area (Å²) in [5.74, 6) is -2.00. The SMILES string of the molecule is O=C(O)C=CC=CCC=CC(=O)O. The summed E-state index contributed by atoms with van der Waals surface area (Å²) in [4.78, 5) is 19.9. The summed E-state index contributed by atoms with van der Waals surface area (Å²) >= 11 is 0. The van der Waals surface area contributed by atoms with E-state index in [1.165, 1.54) is 12.2 Å². The van der Waals surface area contributed by atoms with Crippen LogP contribution in [0.1, 0.15) is 6.42 Å². The highest BCUT2D eigenvalue weighted by Crippen LogP contribution is 1.87. The van der Waals surface area contributed by atoms with Crippen LogP contribution in [0.25, 0.3) is 0 Å². The number of hydrogen-bond acceptors (Lipinski definition) is 2. The predicted octanol–water partition coefficient (Wildman–Crippen LogP) is 1.21. The van der Waals surface area contributed by atoms with Crippen molar-refractivity contribution in [1.82, 2.24) is 0 Å². The van der Waals surface area contributed by atoms with Crippen molar-refractivity contribution < 1.29 is 19.8 Å². The van der Waals surface area contributed by atoms with Crippen LogP contribution < -0.4 is 0 Å². The monoisotopic (exact) mass is 182 g/mol. The molecule has 0 aromatic heterocycles. The zero-order valence-corrected chi connectivity index (χ0v) is 6.88. The van der Waals surface area contributed by atoms with Gasteiger partial charge in [0.2, 0.25) is 0 Å². The first-order valence-electron chi connectivity index (χ1n) is 3.58. The smallest absolute Gasteiger partial charge is 0.328 e. The fourth-order valence-electron chi connectivity index (χ4n) is 0.542. The lowest BCUT2D eigenvalue weighted by molar-refractivity contribution is -0.132. The van der Waals surface area contributed by atoms with Crippen LogP contribution in [0, 0.1) is 0 Å². The maximum absolute atomic E-state index is 9.97. The molecule has 0 aromatic rings. The molecule has 0 atom stereocenters. The highest BCUT2D eigenvalue weighted by molar-refractivity contribution is 5.80. The Kier molecular flexibility index (Phi) is 5.88. The molecule has 70 valence electrons. The molecule has 4 nitrogen and oxygen atoms in total. The van der Waals surface area contributed by atoms with E-state index in [-0.39, 0.29) is 0 Å². The molecular formula is C9H10O4. The molecule has 0 radical (unpaired) electrons. The first-order chi connectivity index (χ1) is 6.13. The van der Waals surface area contributed by atoms with Gasteiger partial charge in [-0.3, -0.25) is 0 Å². The van der Waals surface area contributed by atoms with E-state index < -0.39 is 11.9 Å². The van der Waals surface area contributed by atoms with Gasteiger partial charge in [-0.1, -0.05) is 24.3 Å². The zero-order valence-electron chi connectivity index (χ0n) is 6.88. The van der Waals surface area contributed by atoms with Gasteiger partial charge in [0.25, 0.3) is 0 Å². The third kappa shape index (κ3) is 10.2. The molecule has 0 bridgehead atoms. The molecule has 0 saturated heterocycles. The fourth-order valence-corrected chi connectivity index (χ4v) is 0.542. The maximum atomic E-state index is 9.97. The number of carboxylic acid groups (broad SMARTS) is 2. The fraction of sp³-hybridized carbons (Fsp3) is 0.111. The lowest BCUT2D eigenvalue weighted by atomic mass is 10.3. The van der Waals surface area contributed by atoms with E-state index in [4.69, 9.17) is 10.2 Å². The standard InChI is InChI=1S/C9H10O4/c10-8(11)6-4-2-1-3-5-7-9(12)13/h1-2,4-7H,3H2,(H,10,11)(H,12,13). The highest BCUT2D eigenvalue weighted by atomic mass is 16.4. The largest absolute Gasteiger partial charge is 0.478 e. The second-order valence-corrected chi connectivity index (χ2v) is 2.10. The van der Waals surface area contributed by atoms with E-state index in [9.17, 15) is 9.59 Å². The summed E-state index contributed by atoms with van der Waals surface area (Å²) in [5, 5.41) is 16.4.